The third kappa shape index (κ3) is 3.25. The van der Waals surface area contributed by atoms with Crippen LogP contribution in [-0.2, 0) is 0 Å². The summed E-state index contributed by atoms with van der Waals surface area (Å²) in [4.78, 5) is 0. The fourth-order valence-corrected chi connectivity index (χ4v) is 2.91. The summed E-state index contributed by atoms with van der Waals surface area (Å²) in [6.45, 7) is 0. The number of hydrogen-bond donors (Lipinski definition) is 2. The summed E-state index contributed by atoms with van der Waals surface area (Å²) in [5.74, 6) is 1.24. The summed E-state index contributed by atoms with van der Waals surface area (Å²) in [5, 5.41) is 21.4. The van der Waals surface area contributed by atoms with E-state index in [4.69, 9.17) is 9.47 Å². The molecule has 1 fully saturated rings. The van der Waals surface area contributed by atoms with Crippen molar-refractivity contribution in [3.05, 3.63) is 23.8 Å². The van der Waals surface area contributed by atoms with Gasteiger partial charge in [-0.25, -0.2) is 0 Å². The molecule has 1 saturated carbocycles. The van der Waals surface area contributed by atoms with Gasteiger partial charge in [-0.2, -0.15) is 0 Å². The molecule has 1 atom stereocenters. The van der Waals surface area contributed by atoms with Gasteiger partial charge in [-0.05, 0) is 30.5 Å². The van der Waals surface area contributed by atoms with Crippen molar-refractivity contribution in [1.29, 1.82) is 0 Å². The smallest absolute Gasteiger partial charge is 0.122 e. The average Bonchev–Trinajstić information content (AvgIpc) is 2.71. The number of methoxy groups -OCH3 is 2. The highest BCUT2D eigenvalue weighted by Crippen LogP contribution is 2.39. The zero-order valence-corrected chi connectivity index (χ0v) is 12.3. The molecule has 1 aliphatic rings. The van der Waals surface area contributed by atoms with E-state index in [0.29, 0.717) is 29.9 Å². The molecule has 0 bridgehead atoms. The van der Waals surface area contributed by atoms with Crippen molar-refractivity contribution in [3.63, 3.8) is 0 Å². The Bertz CT molecular complexity index is 414. The van der Waals surface area contributed by atoms with Crippen molar-refractivity contribution in [1.82, 2.24) is 0 Å². The average molecular weight is 280 g/mol. The standard InChI is InChI=1S/C16H24O4/c1-19-13-9-12(10-14(11-13)20-2)15(17)16(18)7-5-3-4-6-8-16/h9-11,15,17-18H,3-8H2,1-2H3. The monoisotopic (exact) mass is 280 g/mol. The van der Waals surface area contributed by atoms with Crippen LogP contribution in [0.4, 0.5) is 0 Å². The number of aliphatic hydroxyl groups excluding tert-OH is 1. The largest absolute Gasteiger partial charge is 0.497 e. The van der Waals surface area contributed by atoms with Crippen molar-refractivity contribution in [2.75, 3.05) is 14.2 Å². The minimum Gasteiger partial charge on any atom is -0.497 e. The van der Waals surface area contributed by atoms with Gasteiger partial charge in [0.05, 0.1) is 19.8 Å². The first-order valence-electron chi connectivity index (χ1n) is 7.22. The lowest BCUT2D eigenvalue weighted by Crippen LogP contribution is -2.35. The van der Waals surface area contributed by atoms with Crippen molar-refractivity contribution in [2.45, 2.75) is 50.2 Å². The second-order valence-corrected chi connectivity index (χ2v) is 5.57. The predicted molar refractivity (Wildman–Crippen MR) is 77.2 cm³/mol. The summed E-state index contributed by atoms with van der Waals surface area (Å²) in [7, 11) is 3.15. The molecule has 2 N–H and O–H groups in total. The molecule has 0 heterocycles. The molecule has 4 heteroatoms. The number of aliphatic hydroxyl groups is 2. The van der Waals surface area contributed by atoms with E-state index < -0.39 is 11.7 Å². The Balaban J connectivity index is 2.28. The molecule has 0 aromatic heterocycles. The molecule has 0 saturated heterocycles. The minimum absolute atomic E-state index is 0.621. The maximum Gasteiger partial charge on any atom is 0.122 e. The molecule has 1 unspecified atom stereocenters. The maximum atomic E-state index is 10.8. The van der Waals surface area contributed by atoms with Crippen molar-refractivity contribution < 1.29 is 19.7 Å². The molecule has 0 amide bonds. The Morgan fingerprint density at radius 1 is 0.950 bits per heavy atom. The molecule has 0 spiro atoms. The Morgan fingerprint density at radius 2 is 1.45 bits per heavy atom. The van der Waals surface area contributed by atoms with E-state index in [2.05, 4.69) is 0 Å². The molecule has 1 aliphatic carbocycles. The number of rotatable bonds is 4. The van der Waals surface area contributed by atoms with Crippen LogP contribution in [-0.4, -0.2) is 30.0 Å². The minimum atomic E-state index is -1.05. The first kappa shape index (κ1) is 15.1. The van der Waals surface area contributed by atoms with Crippen LogP contribution in [0.2, 0.25) is 0 Å². The summed E-state index contributed by atoms with van der Waals surface area (Å²) in [6.07, 6.45) is 4.50. The molecule has 20 heavy (non-hydrogen) atoms. The third-order valence-corrected chi connectivity index (χ3v) is 4.17. The summed E-state index contributed by atoms with van der Waals surface area (Å²) >= 11 is 0. The van der Waals surface area contributed by atoms with Gasteiger partial charge in [0.15, 0.2) is 0 Å². The van der Waals surface area contributed by atoms with Gasteiger partial charge in [0, 0.05) is 6.07 Å². The molecule has 1 aromatic carbocycles. The van der Waals surface area contributed by atoms with E-state index in [-0.39, 0.29) is 0 Å². The van der Waals surface area contributed by atoms with Gasteiger partial charge in [-0.15, -0.1) is 0 Å². The Morgan fingerprint density at radius 3 is 1.90 bits per heavy atom. The van der Waals surface area contributed by atoms with Crippen molar-refractivity contribution >= 4 is 0 Å². The van der Waals surface area contributed by atoms with Crippen LogP contribution in [0, 0.1) is 0 Å². The molecule has 2 rings (SSSR count). The SMILES string of the molecule is COc1cc(OC)cc(C(O)C2(O)CCCCCC2)c1. The van der Waals surface area contributed by atoms with E-state index in [1.807, 2.05) is 0 Å². The Kier molecular flexibility index (Phi) is 4.89. The van der Waals surface area contributed by atoms with Gasteiger partial charge < -0.3 is 19.7 Å². The summed E-state index contributed by atoms with van der Waals surface area (Å²) < 4.78 is 10.4. The Labute approximate surface area is 120 Å². The normalized spacial score (nSPS) is 20.0. The van der Waals surface area contributed by atoms with Crippen LogP contribution in [0.15, 0.2) is 18.2 Å². The second-order valence-electron chi connectivity index (χ2n) is 5.57. The van der Waals surface area contributed by atoms with E-state index in [1.165, 1.54) is 0 Å². The van der Waals surface area contributed by atoms with Crippen LogP contribution in [0.5, 0.6) is 11.5 Å². The van der Waals surface area contributed by atoms with Gasteiger partial charge >= 0.3 is 0 Å². The number of benzene rings is 1. The van der Waals surface area contributed by atoms with Gasteiger partial charge in [0.1, 0.15) is 17.6 Å². The first-order chi connectivity index (χ1) is 9.59. The maximum absolute atomic E-state index is 10.8. The lowest BCUT2D eigenvalue weighted by molar-refractivity contribution is -0.0868. The molecule has 0 radical (unpaired) electrons. The summed E-state index contributed by atoms with van der Waals surface area (Å²) in [5.41, 5.74) is -0.404. The number of ether oxygens (including phenoxy) is 2. The first-order valence-corrected chi connectivity index (χ1v) is 7.22. The molecule has 4 nitrogen and oxygen atoms in total. The molecule has 0 aliphatic heterocycles. The zero-order valence-electron chi connectivity index (χ0n) is 12.3. The van der Waals surface area contributed by atoms with Crippen LogP contribution < -0.4 is 9.47 Å². The fourth-order valence-electron chi connectivity index (χ4n) is 2.91. The fraction of sp³-hybridized carbons (Fsp3) is 0.625. The van der Waals surface area contributed by atoms with Crippen molar-refractivity contribution in [3.8, 4) is 11.5 Å². The Hall–Kier alpha value is -1.26. The van der Waals surface area contributed by atoms with Gasteiger partial charge in [0.25, 0.3) is 0 Å². The number of hydrogen-bond acceptors (Lipinski definition) is 4. The highest BCUT2D eigenvalue weighted by Gasteiger charge is 2.37. The summed E-state index contributed by atoms with van der Waals surface area (Å²) in [6, 6.07) is 5.28. The molecule has 1 aromatic rings. The van der Waals surface area contributed by atoms with E-state index >= 15 is 0 Å². The highest BCUT2D eigenvalue weighted by molar-refractivity contribution is 5.40. The van der Waals surface area contributed by atoms with Gasteiger partial charge in [-0.3, -0.25) is 0 Å². The van der Waals surface area contributed by atoms with E-state index in [1.54, 1.807) is 32.4 Å². The van der Waals surface area contributed by atoms with Crippen LogP contribution in [0.1, 0.15) is 50.2 Å². The molecular weight excluding hydrogens is 256 g/mol. The lowest BCUT2D eigenvalue weighted by Gasteiger charge is -2.32. The second kappa shape index (κ2) is 6.46. The molecular formula is C16H24O4. The van der Waals surface area contributed by atoms with E-state index in [9.17, 15) is 10.2 Å². The lowest BCUT2D eigenvalue weighted by atomic mass is 9.84. The quantitative estimate of drug-likeness (QED) is 0.833. The topological polar surface area (TPSA) is 58.9 Å². The zero-order chi connectivity index (χ0) is 14.6. The van der Waals surface area contributed by atoms with Crippen LogP contribution in [0.25, 0.3) is 0 Å². The predicted octanol–water partition coefficient (Wildman–Crippen LogP) is 2.82. The highest BCUT2D eigenvalue weighted by atomic mass is 16.5. The van der Waals surface area contributed by atoms with Crippen LogP contribution >= 0.6 is 0 Å². The molecule has 112 valence electrons. The third-order valence-electron chi connectivity index (χ3n) is 4.17. The van der Waals surface area contributed by atoms with Gasteiger partial charge in [0.2, 0.25) is 0 Å². The van der Waals surface area contributed by atoms with Gasteiger partial charge in [-0.1, -0.05) is 25.7 Å². The van der Waals surface area contributed by atoms with E-state index in [0.717, 1.165) is 25.7 Å². The van der Waals surface area contributed by atoms with Crippen LogP contribution in [0.3, 0.4) is 0 Å². The van der Waals surface area contributed by atoms with Crippen molar-refractivity contribution in [2.24, 2.45) is 0 Å².